The second-order valence-corrected chi connectivity index (χ2v) is 4.65. The normalized spacial score (nSPS) is 10.9. The van der Waals surface area contributed by atoms with Gasteiger partial charge in [-0.2, -0.15) is 0 Å². The van der Waals surface area contributed by atoms with Crippen LogP contribution in [0.25, 0.3) is 0 Å². The summed E-state index contributed by atoms with van der Waals surface area (Å²) in [6.07, 6.45) is 3.20. The first kappa shape index (κ1) is 12.5. The Kier molecular flexibility index (Phi) is 5.65. The molecule has 0 saturated carbocycles. The van der Waals surface area contributed by atoms with Crippen molar-refractivity contribution >= 4 is 16.5 Å². The van der Waals surface area contributed by atoms with Crippen molar-refractivity contribution in [2.75, 3.05) is 25.0 Å². The number of nitrogens with one attached hydrogen (secondary N) is 1. The molecule has 0 aromatic carbocycles. The van der Waals surface area contributed by atoms with Gasteiger partial charge in [0.05, 0.1) is 0 Å². The van der Waals surface area contributed by atoms with Crippen LogP contribution in [0.5, 0.6) is 0 Å². The molecule has 0 bridgehead atoms. The Hall–Kier alpha value is -0.610. The summed E-state index contributed by atoms with van der Waals surface area (Å²) in [5.74, 6) is 0. The molecule has 4 heteroatoms. The zero-order chi connectivity index (χ0) is 11.1. The lowest BCUT2D eigenvalue weighted by atomic mass is 10.4. The molecule has 0 amide bonds. The molecule has 0 saturated heterocycles. The first-order chi connectivity index (χ1) is 7.30. The maximum atomic E-state index is 4.33. The van der Waals surface area contributed by atoms with Crippen LogP contribution in [0.2, 0.25) is 0 Å². The highest BCUT2D eigenvalue weighted by molar-refractivity contribution is 7.15. The third-order valence-corrected chi connectivity index (χ3v) is 3.19. The molecule has 0 aliphatic heterocycles. The minimum atomic E-state index is 0.944. The molecule has 0 aliphatic carbocycles. The molecule has 0 spiro atoms. The van der Waals surface area contributed by atoms with Crippen LogP contribution >= 0.6 is 11.3 Å². The van der Waals surface area contributed by atoms with E-state index < -0.39 is 0 Å². The maximum Gasteiger partial charge on any atom is 0.182 e. The largest absolute Gasteiger partial charge is 0.362 e. The molecule has 0 fully saturated rings. The van der Waals surface area contributed by atoms with Crippen LogP contribution < -0.4 is 5.32 Å². The molecule has 0 radical (unpaired) electrons. The number of hydrogen-bond acceptors (Lipinski definition) is 4. The average molecular weight is 227 g/mol. The molecule has 86 valence electrons. The lowest BCUT2D eigenvalue weighted by Crippen LogP contribution is -2.22. The second-order valence-electron chi connectivity index (χ2n) is 3.53. The van der Waals surface area contributed by atoms with Crippen molar-refractivity contribution in [3.8, 4) is 0 Å². The summed E-state index contributed by atoms with van der Waals surface area (Å²) < 4.78 is 0. The summed E-state index contributed by atoms with van der Waals surface area (Å²) >= 11 is 1.76. The van der Waals surface area contributed by atoms with E-state index in [1.807, 2.05) is 6.20 Å². The summed E-state index contributed by atoms with van der Waals surface area (Å²) in [5, 5.41) is 4.28. The highest BCUT2D eigenvalue weighted by atomic mass is 32.1. The standard InChI is InChI=1S/C11H21N3S/c1-4-7-14(6-3)9-10-8-13-11(15-10)12-5-2/h8H,4-7,9H2,1-3H3,(H,12,13). The first-order valence-electron chi connectivity index (χ1n) is 5.71. The van der Waals surface area contributed by atoms with Gasteiger partial charge in [-0.3, -0.25) is 4.90 Å². The third kappa shape index (κ3) is 4.18. The van der Waals surface area contributed by atoms with E-state index in [1.165, 1.54) is 17.8 Å². The second kappa shape index (κ2) is 6.80. The molecule has 1 heterocycles. The number of hydrogen-bond donors (Lipinski definition) is 1. The number of rotatable bonds is 7. The Labute approximate surface area is 96.5 Å². The van der Waals surface area contributed by atoms with E-state index in [1.54, 1.807) is 11.3 Å². The van der Waals surface area contributed by atoms with Gasteiger partial charge in [-0.1, -0.05) is 13.8 Å². The van der Waals surface area contributed by atoms with E-state index in [9.17, 15) is 0 Å². The van der Waals surface area contributed by atoms with Crippen molar-refractivity contribution in [2.24, 2.45) is 0 Å². The zero-order valence-electron chi connectivity index (χ0n) is 9.92. The zero-order valence-corrected chi connectivity index (χ0v) is 10.7. The summed E-state index contributed by atoms with van der Waals surface area (Å²) in [6.45, 7) is 10.8. The molecule has 1 aromatic heterocycles. The molecular formula is C11H21N3S. The van der Waals surface area contributed by atoms with Gasteiger partial charge in [-0.05, 0) is 26.4 Å². The van der Waals surface area contributed by atoms with Crippen LogP contribution in [0.3, 0.4) is 0 Å². The highest BCUT2D eigenvalue weighted by Crippen LogP contribution is 2.19. The predicted molar refractivity (Wildman–Crippen MR) is 67.5 cm³/mol. The van der Waals surface area contributed by atoms with Crippen molar-refractivity contribution < 1.29 is 0 Å². The Bertz CT molecular complexity index is 273. The van der Waals surface area contributed by atoms with E-state index in [0.29, 0.717) is 0 Å². The van der Waals surface area contributed by atoms with Gasteiger partial charge in [0.1, 0.15) is 0 Å². The Morgan fingerprint density at radius 3 is 2.80 bits per heavy atom. The molecule has 0 atom stereocenters. The average Bonchev–Trinajstić information content (AvgIpc) is 2.66. The maximum absolute atomic E-state index is 4.33. The summed E-state index contributed by atoms with van der Waals surface area (Å²) in [4.78, 5) is 8.13. The first-order valence-corrected chi connectivity index (χ1v) is 6.52. The Morgan fingerprint density at radius 1 is 1.40 bits per heavy atom. The Morgan fingerprint density at radius 2 is 2.20 bits per heavy atom. The summed E-state index contributed by atoms with van der Waals surface area (Å²) in [7, 11) is 0. The predicted octanol–water partition coefficient (Wildman–Crippen LogP) is 2.81. The summed E-state index contributed by atoms with van der Waals surface area (Å²) in [5.41, 5.74) is 0. The Balaban J connectivity index is 2.47. The van der Waals surface area contributed by atoms with Crippen LogP contribution in [0.4, 0.5) is 5.13 Å². The van der Waals surface area contributed by atoms with Crippen molar-refractivity contribution in [3.63, 3.8) is 0 Å². The number of nitrogens with zero attached hydrogens (tertiary/aromatic N) is 2. The smallest absolute Gasteiger partial charge is 0.182 e. The van der Waals surface area contributed by atoms with Gasteiger partial charge in [0.2, 0.25) is 0 Å². The summed E-state index contributed by atoms with van der Waals surface area (Å²) in [6, 6.07) is 0. The van der Waals surface area contributed by atoms with Crippen molar-refractivity contribution in [2.45, 2.75) is 33.7 Å². The van der Waals surface area contributed by atoms with Crippen molar-refractivity contribution in [1.82, 2.24) is 9.88 Å². The van der Waals surface area contributed by atoms with Crippen LogP contribution in [0.15, 0.2) is 6.20 Å². The number of thiazole rings is 1. The van der Waals surface area contributed by atoms with Gasteiger partial charge < -0.3 is 5.32 Å². The van der Waals surface area contributed by atoms with Gasteiger partial charge in [0, 0.05) is 24.2 Å². The lowest BCUT2D eigenvalue weighted by molar-refractivity contribution is 0.283. The third-order valence-electron chi connectivity index (χ3n) is 2.25. The quantitative estimate of drug-likeness (QED) is 0.776. The van der Waals surface area contributed by atoms with Crippen LogP contribution in [-0.2, 0) is 6.54 Å². The molecular weight excluding hydrogens is 206 g/mol. The minimum Gasteiger partial charge on any atom is -0.362 e. The molecule has 0 aliphatic rings. The van der Waals surface area contributed by atoms with E-state index in [2.05, 4.69) is 36.0 Å². The monoisotopic (exact) mass is 227 g/mol. The SMILES string of the molecule is CCCN(CC)Cc1cnc(NCC)s1. The van der Waals surface area contributed by atoms with Gasteiger partial charge in [-0.15, -0.1) is 11.3 Å². The van der Waals surface area contributed by atoms with Gasteiger partial charge in [-0.25, -0.2) is 4.98 Å². The van der Waals surface area contributed by atoms with Crippen molar-refractivity contribution in [3.05, 3.63) is 11.1 Å². The van der Waals surface area contributed by atoms with Crippen LogP contribution in [0, 0.1) is 0 Å². The van der Waals surface area contributed by atoms with Gasteiger partial charge in [0.25, 0.3) is 0 Å². The fourth-order valence-electron chi connectivity index (χ4n) is 1.50. The van der Waals surface area contributed by atoms with Crippen LogP contribution in [0.1, 0.15) is 32.1 Å². The fraction of sp³-hybridized carbons (Fsp3) is 0.727. The number of anilines is 1. The highest BCUT2D eigenvalue weighted by Gasteiger charge is 2.05. The van der Waals surface area contributed by atoms with E-state index >= 15 is 0 Å². The van der Waals surface area contributed by atoms with Crippen LogP contribution in [-0.4, -0.2) is 29.5 Å². The lowest BCUT2D eigenvalue weighted by Gasteiger charge is -2.17. The van der Waals surface area contributed by atoms with E-state index in [-0.39, 0.29) is 0 Å². The molecule has 1 aromatic rings. The molecule has 3 nitrogen and oxygen atoms in total. The molecule has 1 N–H and O–H groups in total. The van der Waals surface area contributed by atoms with E-state index in [0.717, 1.165) is 24.8 Å². The molecule has 15 heavy (non-hydrogen) atoms. The van der Waals surface area contributed by atoms with Gasteiger partial charge in [0.15, 0.2) is 5.13 Å². The fourth-order valence-corrected chi connectivity index (χ4v) is 2.42. The topological polar surface area (TPSA) is 28.2 Å². The molecule has 0 unspecified atom stereocenters. The van der Waals surface area contributed by atoms with E-state index in [4.69, 9.17) is 0 Å². The minimum absolute atomic E-state index is 0.944. The van der Waals surface area contributed by atoms with Crippen molar-refractivity contribution in [1.29, 1.82) is 0 Å². The van der Waals surface area contributed by atoms with Gasteiger partial charge >= 0.3 is 0 Å². The molecule has 1 rings (SSSR count). The number of aromatic nitrogens is 1.